The van der Waals surface area contributed by atoms with Gasteiger partial charge in [0.15, 0.2) is 0 Å². The number of aliphatic hydroxyl groups excluding tert-OH is 4. The van der Waals surface area contributed by atoms with Crippen molar-refractivity contribution in [1.29, 1.82) is 0 Å². The molecule has 1 aliphatic rings. The lowest BCUT2D eigenvalue weighted by Crippen LogP contribution is -2.47. The Hall–Kier alpha value is -2.27. The summed E-state index contributed by atoms with van der Waals surface area (Å²) in [6.45, 7) is 25.7. The van der Waals surface area contributed by atoms with Crippen LogP contribution in [0.4, 0.5) is 0 Å². The van der Waals surface area contributed by atoms with Gasteiger partial charge in [0.2, 0.25) is 0 Å². The predicted octanol–water partition coefficient (Wildman–Crippen LogP) is 10.8. The topological polar surface area (TPSA) is 225 Å². The maximum atomic E-state index is 12.9. The first-order chi connectivity index (χ1) is 41.3. The number of carbonyl (C=O) groups is 5. The first-order valence-electron chi connectivity index (χ1n) is 34.1. The molecule has 1 heterocycles. The van der Waals surface area contributed by atoms with Crippen LogP contribution in [0.5, 0.6) is 0 Å². The van der Waals surface area contributed by atoms with Gasteiger partial charge in [0.05, 0.1) is 49.8 Å². The summed E-state index contributed by atoms with van der Waals surface area (Å²) in [5, 5.41) is 44.0. The van der Waals surface area contributed by atoms with E-state index in [-0.39, 0.29) is 48.5 Å². The van der Waals surface area contributed by atoms with E-state index in [1.54, 1.807) is 0 Å². The van der Waals surface area contributed by atoms with E-state index in [1.807, 2.05) is 49.3 Å². The van der Waals surface area contributed by atoms with E-state index in [9.17, 15) is 44.4 Å². The van der Waals surface area contributed by atoms with Crippen molar-refractivity contribution in [3.63, 3.8) is 0 Å². The highest BCUT2D eigenvalue weighted by Gasteiger charge is 2.21. The molecule has 4 atom stereocenters. The Bertz CT molecular complexity index is 1590. The van der Waals surface area contributed by atoms with E-state index in [4.69, 9.17) is 23.7 Å². The molecule has 506 valence electrons. The molecule has 1 saturated heterocycles. The van der Waals surface area contributed by atoms with Crippen molar-refractivity contribution in [3.8, 4) is 0 Å². The van der Waals surface area contributed by atoms with Crippen LogP contribution >= 0.6 is 21.6 Å². The van der Waals surface area contributed by atoms with Gasteiger partial charge in [-0.3, -0.25) is 43.6 Å². The number of esters is 5. The fraction of sp³-hybridized carbons (Fsp3) is 0.924. The van der Waals surface area contributed by atoms with E-state index in [0.717, 1.165) is 154 Å². The molecule has 4 N–H and O–H groups in total. The van der Waals surface area contributed by atoms with E-state index < -0.39 is 24.4 Å². The summed E-state index contributed by atoms with van der Waals surface area (Å²) >= 11 is 0. The van der Waals surface area contributed by atoms with Gasteiger partial charge >= 0.3 is 29.8 Å². The molecule has 0 saturated carbocycles. The van der Waals surface area contributed by atoms with Crippen molar-refractivity contribution in [2.75, 3.05) is 110 Å². The van der Waals surface area contributed by atoms with E-state index in [1.165, 1.54) is 0 Å². The summed E-state index contributed by atoms with van der Waals surface area (Å²) < 4.78 is 27.1. The Morgan fingerprint density at radius 1 is 0.407 bits per heavy atom. The van der Waals surface area contributed by atoms with Crippen LogP contribution in [0.25, 0.3) is 0 Å². The van der Waals surface area contributed by atoms with Crippen LogP contribution in [0.2, 0.25) is 0 Å². The highest BCUT2D eigenvalue weighted by atomic mass is 33.1. The molecule has 0 aromatic rings. The van der Waals surface area contributed by atoms with Crippen LogP contribution in [0.15, 0.2) is 0 Å². The summed E-state index contributed by atoms with van der Waals surface area (Å²) in [5.74, 6) is 1.97. The lowest BCUT2D eigenvalue weighted by molar-refractivity contribution is -0.148. The molecule has 0 radical (unpaired) electrons. The molecule has 1 aliphatic heterocycles. The molecule has 0 aromatic carbocycles. The molecule has 86 heavy (non-hydrogen) atoms. The second-order valence-electron chi connectivity index (χ2n) is 24.7. The smallest absolute Gasteiger partial charge is 0.306 e. The fourth-order valence-corrected chi connectivity index (χ4v) is 12.6. The normalized spacial score (nSPS) is 14.8. The van der Waals surface area contributed by atoms with Crippen molar-refractivity contribution in [2.24, 2.45) is 11.8 Å². The standard InChI is InChI=1S/C66H126N4O14S2/c1-9-56(10-2)52-81-63(76)32-19-15-13-17-28-58(71)50-70(51-59(72)29-18-14-16-20-33-64(77)82-53-57(11-3)12-4)38-27-36-62(75)80-45-43-67-39-41-68(42-40-67)44-47-86-85-46-26-25-37-69(48-60(73)30-21-23-34-65(78)83-54(5)6)49-61(74)31-22-24-35-66(79)84-55(7)8/h54-61,71-74H,9-53H2,1-8H3. The largest absolute Gasteiger partial charge is 0.465 e. The van der Waals surface area contributed by atoms with E-state index in [0.29, 0.717) is 142 Å². The first kappa shape index (κ1) is 81.7. The van der Waals surface area contributed by atoms with Gasteiger partial charge in [-0.2, -0.15) is 0 Å². The van der Waals surface area contributed by atoms with Gasteiger partial charge in [-0.25, -0.2) is 0 Å². The number of aliphatic hydroxyl groups is 4. The van der Waals surface area contributed by atoms with Gasteiger partial charge in [-0.05, 0) is 123 Å². The predicted molar refractivity (Wildman–Crippen MR) is 349 cm³/mol. The van der Waals surface area contributed by atoms with Gasteiger partial charge < -0.3 is 44.1 Å². The van der Waals surface area contributed by atoms with Crippen LogP contribution < -0.4 is 0 Å². The number of ether oxygens (including phenoxy) is 5. The van der Waals surface area contributed by atoms with Gasteiger partial charge in [0, 0.05) is 109 Å². The molecule has 18 nitrogen and oxygen atoms in total. The maximum Gasteiger partial charge on any atom is 0.306 e. The Labute approximate surface area is 530 Å². The molecule has 1 rings (SSSR count). The van der Waals surface area contributed by atoms with Crippen molar-refractivity contribution >= 4 is 51.4 Å². The van der Waals surface area contributed by atoms with E-state index in [2.05, 4.69) is 47.3 Å². The second-order valence-corrected chi connectivity index (χ2v) is 27.4. The zero-order valence-corrected chi connectivity index (χ0v) is 57.0. The zero-order valence-electron chi connectivity index (χ0n) is 55.4. The molecule has 0 bridgehead atoms. The summed E-state index contributed by atoms with van der Waals surface area (Å²) in [6.07, 6.45) is 17.9. The maximum absolute atomic E-state index is 12.9. The molecule has 20 heteroatoms. The molecule has 0 aromatic heterocycles. The van der Waals surface area contributed by atoms with Gasteiger partial charge in [-0.15, -0.1) is 0 Å². The van der Waals surface area contributed by atoms with Crippen molar-refractivity contribution < 1.29 is 68.1 Å². The minimum Gasteiger partial charge on any atom is -0.465 e. The third-order valence-electron chi connectivity index (χ3n) is 16.1. The summed E-state index contributed by atoms with van der Waals surface area (Å²) in [6, 6.07) is 0. The van der Waals surface area contributed by atoms with Crippen LogP contribution in [0, 0.1) is 11.8 Å². The summed E-state index contributed by atoms with van der Waals surface area (Å²) in [5.41, 5.74) is 0. The first-order valence-corrected chi connectivity index (χ1v) is 36.6. The molecular weight excluding hydrogens is 1140 g/mol. The monoisotopic (exact) mass is 1260 g/mol. The van der Waals surface area contributed by atoms with Crippen LogP contribution in [0.1, 0.15) is 235 Å². The molecule has 4 unspecified atom stereocenters. The highest BCUT2D eigenvalue weighted by Crippen LogP contribution is 2.23. The average molecular weight is 1260 g/mol. The van der Waals surface area contributed by atoms with E-state index >= 15 is 0 Å². The summed E-state index contributed by atoms with van der Waals surface area (Å²) in [4.78, 5) is 70.2. The van der Waals surface area contributed by atoms with Crippen molar-refractivity contribution in [3.05, 3.63) is 0 Å². The lowest BCUT2D eigenvalue weighted by Gasteiger charge is -2.34. The van der Waals surface area contributed by atoms with Crippen LogP contribution in [-0.2, 0) is 47.7 Å². The van der Waals surface area contributed by atoms with Crippen LogP contribution in [-0.4, -0.2) is 216 Å². The molecule has 0 spiro atoms. The number of hydrogen-bond acceptors (Lipinski definition) is 20. The fourth-order valence-electron chi connectivity index (χ4n) is 10.5. The quantitative estimate of drug-likeness (QED) is 0.0192. The third-order valence-corrected chi connectivity index (χ3v) is 18.5. The molecule has 1 fully saturated rings. The number of piperazine rings is 1. The summed E-state index contributed by atoms with van der Waals surface area (Å²) in [7, 11) is 3.79. The Balaban J connectivity index is 2.46. The van der Waals surface area contributed by atoms with Crippen molar-refractivity contribution in [1.82, 2.24) is 19.6 Å². The zero-order chi connectivity index (χ0) is 63.6. The number of carbonyl (C=O) groups excluding carboxylic acids is 5. The number of rotatable bonds is 58. The lowest BCUT2D eigenvalue weighted by atomic mass is 10.1. The Kier molecular flexibility index (Phi) is 51.8. The average Bonchev–Trinajstić information content (AvgIpc) is 3.58. The number of unbranched alkanes of at least 4 members (excludes halogenated alkanes) is 9. The van der Waals surface area contributed by atoms with Crippen molar-refractivity contribution in [2.45, 2.75) is 272 Å². The number of nitrogens with zero attached hydrogens (tertiary/aromatic N) is 4. The van der Waals surface area contributed by atoms with Crippen LogP contribution in [0.3, 0.4) is 0 Å². The Morgan fingerprint density at radius 2 is 0.744 bits per heavy atom. The highest BCUT2D eigenvalue weighted by molar-refractivity contribution is 8.76. The number of hydrogen-bond donors (Lipinski definition) is 4. The van der Waals surface area contributed by atoms with Gasteiger partial charge in [0.25, 0.3) is 0 Å². The molecular formula is C66H126N4O14S2. The minimum absolute atomic E-state index is 0.133. The van der Waals surface area contributed by atoms with Gasteiger partial charge in [0.1, 0.15) is 6.61 Å². The Morgan fingerprint density at radius 3 is 1.16 bits per heavy atom. The molecule has 0 amide bonds. The minimum atomic E-state index is -0.570. The SMILES string of the molecule is CCC(CC)COC(=O)CCCCCCC(O)CN(CCCC(=O)OCCN1CCN(CCSSCCCCN(CC(O)CCCCC(=O)OC(C)C)CC(O)CCCCC(=O)OC(C)C)CC1)CC(O)CCCCCCC(=O)OCC(CC)CC. The van der Waals surface area contributed by atoms with Gasteiger partial charge in [-0.1, -0.05) is 126 Å². The second kappa shape index (κ2) is 54.5. The third kappa shape index (κ3) is 48.6. The molecule has 0 aliphatic carbocycles.